The van der Waals surface area contributed by atoms with Crippen LogP contribution in [0.4, 0.5) is 5.69 Å². The predicted molar refractivity (Wildman–Crippen MR) is 170 cm³/mol. The van der Waals surface area contributed by atoms with E-state index in [4.69, 9.17) is 27.9 Å². The number of nitrogens with one attached hydrogen (secondary N) is 2. The molecule has 0 spiro atoms. The van der Waals surface area contributed by atoms with E-state index in [9.17, 15) is 19.5 Å². The first kappa shape index (κ1) is 29.8. The van der Waals surface area contributed by atoms with E-state index in [2.05, 4.69) is 26.7 Å². The number of fused-ring (bicyclic) bond motifs is 4. The Morgan fingerprint density at radius 3 is 2.47 bits per heavy atom. The highest BCUT2D eigenvalue weighted by Gasteiger charge is 2.70. The number of ether oxygens (including phenoxy) is 1. The largest absolute Gasteiger partial charge is 0.508 e. The molecule has 230 valence electrons. The molecule has 3 N–H and O–H groups in total. The van der Waals surface area contributed by atoms with Gasteiger partial charge >= 0.3 is 0 Å². The molecule has 12 heteroatoms. The first-order valence-corrected chi connectivity index (χ1v) is 15.9. The van der Waals surface area contributed by atoms with Crippen molar-refractivity contribution in [1.29, 1.82) is 0 Å². The second kappa shape index (κ2) is 10.9. The Morgan fingerprint density at radius 2 is 1.76 bits per heavy atom. The van der Waals surface area contributed by atoms with Crippen LogP contribution in [0.1, 0.15) is 29.9 Å². The number of anilines is 1. The van der Waals surface area contributed by atoms with Crippen LogP contribution in [-0.2, 0) is 24.6 Å². The third-order valence-corrected chi connectivity index (χ3v) is 10.8. The van der Waals surface area contributed by atoms with Crippen molar-refractivity contribution in [2.24, 2.45) is 23.7 Å². The molecule has 2 saturated heterocycles. The highest BCUT2D eigenvalue weighted by atomic mass is 79.9. The van der Waals surface area contributed by atoms with Gasteiger partial charge in [-0.15, -0.1) is 0 Å². The standard InChI is InChI=1S/C33H26BrCl2N3O6/c1-45-18-6-2-15(3-7-18)33-23(31(43)39(32(33)44)38-25-10-5-17(35)13-24(25)36)14-21-19(8-9-20-27(21)30(42)37-29(20)41)28(33)22-12-16(34)4-11-26(22)40/h2-8,10-13,20-21,23,27-28,38,40H,9,14H2,1H3,(H,37,41,42)/t20-,21+,23-,27-,28+,33+/m0/s1. The number of allylic oxidation sites excluding steroid dienone is 2. The van der Waals surface area contributed by atoms with Crippen LogP contribution in [0.2, 0.25) is 10.0 Å². The van der Waals surface area contributed by atoms with Gasteiger partial charge in [-0.05, 0) is 72.9 Å². The van der Waals surface area contributed by atoms with Crippen molar-refractivity contribution < 1.29 is 29.0 Å². The predicted octanol–water partition coefficient (Wildman–Crippen LogP) is 5.74. The van der Waals surface area contributed by atoms with Crippen molar-refractivity contribution in [2.75, 3.05) is 12.5 Å². The van der Waals surface area contributed by atoms with Crippen molar-refractivity contribution in [3.05, 3.63) is 98.0 Å². The van der Waals surface area contributed by atoms with Gasteiger partial charge in [-0.2, -0.15) is 5.01 Å². The van der Waals surface area contributed by atoms with Crippen LogP contribution < -0.4 is 15.5 Å². The summed E-state index contributed by atoms with van der Waals surface area (Å²) in [5, 5.41) is 15.4. The molecule has 4 aliphatic rings. The maximum atomic E-state index is 15.1. The van der Waals surface area contributed by atoms with Crippen LogP contribution in [-0.4, -0.2) is 40.9 Å². The summed E-state index contributed by atoms with van der Waals surface area (Å²) in [4.78, 5) is 55.7. The highest BCUT2D eigenvalue weighted by Crippen LogP contribution is 2.64. The molecule has 1 saturated carbocycles. The van der Waals surface area contributed by atoms with Crippen LogP contribution in [0.5, 0.6) is 11.5 Å². The number of hydrogen-bond acceptors (Lipinski definition) is 7. The summed E-state index contributed by atoms with van der Waals surface area (Å²) in [5.41, 5.74) is 3.37. The van der Waals surface area contributed by atoms with Crippen molar-refractivity contribution >= 4 is 68.4 Å². The van der Waals surface area contributed by atoms with Gasteiger partial charge in [0.25, 0.3) is 11.8 Å². The third-order valence-electron chi connectivity index (χ3n) is 9.72. The molecule has 0 unspecified atom stereocenters. The molecule has 0 radical (unpaired) electrons. The highest BCUT2D eigenvalue weighted by molar-refractivity contribution is 9.10. The minimum atomic E-state index is -1.55. The molecule has 2 aliphatic carbocycles. The topological polar surface area (TPSA) is 125 Å². The van der Waals surface area contributed by atoms with Gasteiger partial charge in [-0.25, -0.2) is 0 Å². The molecular formula is C33H26BrCl2N3O6. The molecule has 3 aromatic rings. The second-order valence-electron chi connectivity index (χ2n) is 11.8. The zero-order valence-electron chi connectivity index (χ0n) is 23.7. The maximum absolute atomic E-state index is 15.1. The van der Waals surface area contributed by atoms with Gasteiger partial charge in [0.05, 0.1) is 41.0 Å². The molecule has 4 amide bonds. The van der Waals surface area contributed by atoms with Gasteiger partial charge in [0.1, 0.15) is 11.5 Å². The lowest BCUT2D eigenvalue weighted by Gasteiger charge is -2.50. The van der Waals surface area contributed by atoms with E-state index in [1.165, 1.54) is 19.2 Å². The number of phenols is 1. The number of hydrazine groups is 1. The monoisotopic (exact) mass is 709 g/mol. The third kappa shape index (κ3) is 4.40. The fourth-order valence-corrected chi connectivity index (χ4v) is 8.68. The Morgan fingerprint density at radius 1 is 1.00 bits per heavy atom. The Balaban J connectivity index is 1.49. The Bertz CT molecular complexity index is 1830. The lowest BCUT2D eigenvalue weighted by atomic mass is 9.49. The van der Waals surface area contributed by atoms with Gasteiger partial charge in [-0.3, -0.25) is 29.9 Å². The van der Waals surface area contributed by atoms with Crippen LogP contribution in [0, 0.1) is 23.7 Å². The van der Waals surface area contributed by atoms with Gasteiger partial charge < -0.3 is 9.84 Å². The average Bonchev–Trinajstić information content (AvgIpc) is 3.43. The summed E-state index contributed by atoms with van der Waals surface area (Å²) >= 11 is 16.1. The van der Waals surface area contributed by atoms with Crippen molar-refractivity contribution in [3.63, 3.8) is 0 Å². The van der Waals surface area contributed by atoms with Gasteiger partial charge in [-0.1, -0.05) is 62.9 Å². The van der Waals surface area contributed by atoms with Gasteiger partial charge in [0.15, 0.2) is 0 Å². The van der Waals surface area contributed by atoms with Crippen molar-refractivity contribution in [3.8, 4) is 11.5 Å². The summed E-state index contributed by atoms with van der Waals surface area (Å²) in [6, 6.07) is 16.6. The molecule has 6 atom stereocenters. The number of carbonyl (C=O) groups is 4. The zero-order chi connectivity index (χ0) is 31.8. The fraction of sp³-hybridized carbons (Fsp3) is 0.273. The van der Waals surface area contributed by atoms with E-state index in [0.717, 1.165) is 10.6 Å². The number of imide groups is 2. The SMILES string of the molecule is COc1ccc([C@@]23C(=O)N(Nc4ccc(Cl)cc4Cl)C(=O)[C@@H]2C[C@@H]2C(=CC[C@@H]4C(=O)NC(=O)[C@@H]42)[C@@H]3c2cc(Br)ccc2O)cc1. The van der Waals surface area contributed by atoms with Crippen molar-refractivity contribution in [1.82, 2.24) is 10.3 Å². The molecule has 0 bridgehead atoms. The molecule has 7 rings (SSSR count). The van der Waals surface area contributed by atoms with Crippen LogP contribution in [0.15, 0.2) is 76.8 Å². The number of methoxy groups -OCH3 is 1. The summed E-state index contributed by atoms with van der Waals surface area (Å²) in [7, 11) is 1.53. The molecule has 2 heterocycles. The Kier molecular flexibility index (Phi) is 7.22. The van der Waals surface area contributed by atoms with E-state index in [1.807, 2.05) is 6.08 Å². The lowest BCUT2D eigenvalue weighted by Crippen LogP contribution is -2.53. The molecule has 3 fully saturated rings. The fourth-order valence-electron chi connectivity index (χ4n) is 7.86. The molecule has 0 aromatic heterocycles. The van der Waals surface area contributed by atoms with E-state index in [1.54, 1.807) is 48.5 Å². The number of hydrogen-bond donors (Lipinski definition) is 3. The summed E-state index contributed by atoms with van der Waals surface area (Å²) in [6.45, 7) is 0. The molecular weight excluding hydrogens is 685 g/mol. The minimum absolute atomic E-state index is 0.0714. The van der Waals surface area contributed by atoms with E-state index >= 15 is 4.79 Å². The van der Waals surface area contributed by atoms with E-state index in [0.29, 0.717) is 32.1 Å². The Hall–Kier alpha value is -3.86. The number of phenolic OH excluding ortho intramolecular Hbond substituents is 1. The summed E-state index contributed by atoms with van der Waals surface area (Å²) < 4.78 is 6.06. The number of halogens is 3. The van der Waals surface area contributed by atoms with Crippen LogP contribution >= 0.6 is 39.1 Å². The second-order valence-corrected chi connectivity index (χ2v) is 13.5. The Labute approximate surface area is 276 Å². The lowest BCUT2D eigenvalue weighted by molar-refractivity contribution is -0.138. The number of rotatable bonds is 5. The maximum Gasteiger partial charge on any atom is 0.260 e. The molecule has 2 aliphatic heterocycles. The summed E-state index contributed by atoms with van der Waals surface area (Å²) in [6.07, 6.45) is 2.33. The minimum Gasteiger partial charge on any atom is -0.508 e. The summed E-state index contributed by atoms with van der Waals surface area (Å²) in [5.74, 6) is -5.00. The molecule has 3 aromatic carbocycles. The normalized spacial score (nSPS) is 28.7. The molecule has 9 nitrogen and oxygen atoms in total. The van der Waals surface area contributed by atoms with Crippen molar-refractivity contribution in [2.45, 2.75) is 24.2 Å². The number of carbonyl (C=O) groups excluding carboxylic acids is 4. The zero-order valence-corrected chi connectivity index (χ0v) is 26.8. The quantitative estimate of drug-likeness (QED) is 0.228. The van der Waals surface area contributed by atoms with Crippen LogP contribution in [0.3, 0.4) is 0 Å². The van der Waals surface area contributed by atoms with E-state index < -0.39 is 52.7 Å². The smallest absolute Gasteiger partial charge is 0.260 e. The van der Waals surface area contributed by atoms with Gasteiger partial charge in [0, 0.05) is 21.0 Å². The molecule has 45 heavy (non-hydrogen) atoms. The average molecular weight is 711 g/mol. The van der Waals surface area contributed by atoms with Gasteiger partial charge in [0.2, 0.25) is 11.8 Å². The number of aromatic hydroxyl groups is 1. The number of nitrogens with zero attached hydrogens (tertiary/aromatic N) is 1. The van der Waals surface area contributed by atoms with Crippen LogP contribution in [0.25, 0.3) is 0 Å². The number of amides is 4. The first-order chi connectivity index (χ1) is 21.6. The van der Waals surface area contributed by atoms with E-state index in [-0.39, 0.29) is 29.5 Å². The number of benzene rings is 3. The first-order valence-electron chi connectivity index (χ1n) is 14.3.